The van der Waals surface area contributed by atoms with E-state index >= 15 is 0 Å². The van der Waals surface area contributed by atoms with Gasteiger partial charge in [-0.05, 0) is 83.9 Å². The van der Waals surface area contributed by atoms with Crippen LogP contribution in [0.2, 0.25) is 0 Å². The van der Waals surface area contributed by atoms with Crippen molar-refractivity contribution in [1.82, 2.24) is 28.7 Å². The lowest BCUT2D eigenvalue weighted by molar-refractivity contribution is 1.07. The molecular weight excluding hydrogens is 793 g/mol. The molecule has 4 heterocycles. The molecule has 0 fully saturated rings. The summed E-state index contributed by atoms with van der Waals surface area (Å²) in [6, 6.07) is 79.5. The van der Waals surface area contributed by atoms with E-state index < -0.39 is 0 Å². The van der Waals surface area contributed by atoms with Crippen molar-refractivity contribution < 1.29 is 0 Å². The van der Waals surface area contributed by atoms with Crippen LogP contribution in [0.15, 0.2) is 231 Å². The fourth-order valence-corrected chi connectivity index (χ4v) is 9.72. The number of hydrogen-bond donors (Lipinski definition) is 0. The van der Waals surface area contributed by atoms with Crippen molar-refractivity contribution >= 4 is 54.5 Å². The van der Waals surface area contributed by atoms with Crippen LogP contribution in [0.1, 0.15) is 0 Å². The van der Waals surface area contributed by atoms with Gasteiger partial charge < -0.3 is 13.7 Å². The fraction of sp³-hybridized carbons (Fsp3) is 0. The Hall–Kier alpha value is -8.87. The first kappa shape index (κ1) is 36.8. The van der Waals surface area contributed by atoms with E-state index in [0.29, 0.717) is 17.5 Å². The molecular formula is C59H38N6. The summed E-state index contributed by atoms with van der Waals surface area (Å²) < 4.78 is 7.17. The van der Waals surface area contributed by atoms with Crippen LogP contribution in [0.4, 0.5) is 0 Å². The van der Waals surface area contributed by atoms with Crippen molar-refractivity contribution in [3.63, 3.8) is 0 Å². The Bertz CT molecular complexity index is 3870. The number of aromatic nitrogens is 6. The van der Waals surface area contributed by atoms with E-state index in [1.54, 1.807) is 0 Å². The summed E-state index contributed by atoms with van der Waals surface area (Å²) >= 11 is 0. The van der Waals surface area contributed by atoms with Crippen LogP contribution in [-0.4, -0.2) is 28.7 Å². The number of benzene rings is 9. The number of para-hydroxylation sites is 3. The lowest BCUT2D eigenvalue weighted by atomic mass is 10.0. The highest BCUT2D eigenvalue weighted by Crippen LogP contribution is 2.42. The van der Waals surface area contributed by atoms with Gasteiger partial charge >= 0.3 is 0 Å². The predicted molar refractivity (Wildman–Crippen MR) is 267 cm³/mol. The molecule has 65 heavy (non-hydrogen) atoms. The average Bonchev–Trinajstić information content (AvgIpc) is 4.07. The van der Waals surface area contributed by atoms with Gasteiger partial charge in [0.05, 0.1) is 27.6 Å². The van der Waals surface area contributed by atoms with Gasteiger partial charge in [-0.25, -0.2) is 15.0 Å². The van der Waals surface area contributed by atoms with Crippen molar-refractivity contribution in [2.24, 2.45) is 0 Å². The molecule has 0 aliphatic rings. The van der Waals surface area contributed by atoms with Gasteiger partial charge in [-0.2, -0.15) is 0 Å². The summed E-state index contributed by atoms with van der Waals surface area (Å²) in [5, 5.41) is 6.10. The number of nitrogens with zero attached hydrogens (tertiary/aromatic N) is 6. The van der Waals surface area contributed by atoms with Crippen molar-refractivity contribution in [3.05, 3.63) is 231 Å². The molecule has 0 N–H and O–H groups in total. The SMILES string of the molecule is c1ccc(-c2nc(-c3ccccc3)nc(-c3cccc(-c4cccc(-n5c6ccccc6c6cc7c8ccc9c(ccn9-c9ccccc9)c8n(-c8ccccc8)c7cc65)c4)c3)n2)cc1. The average molecular weight is 831 g/mol. The zero-order valence-corrected chi connectivity index (χ0v) is 35.1. The molecule has 13 rings (SSSR count). The zero-order chi connectivity index (χ0) is 42.8. The minimum atomic E-state index is 0.629. The summed E-state index contributed by atoms with van der Waals surface area (Å²) in [4.78, 5) is 15.0. The first-order chi connectivity index (χ1) is 32.2. The van der Waals surface area contributed by atoms with Crippen LogP contribution in [0.25, 0.3) is 117 Å². The highest BCUT2D eigenvalue weighted by atomic mass is 15.0. The van der Waals surface area contributed by atoms with Crippen LogP contribution in [-0.2, 0) is 0 Å². The molecule has 0 spiro atoms. The Labute approximate surface area is 374 Å². The van der Waals surface area contributed by atoms with Crippen LogP contribution >= 0.6 is 0 Å². The molecule has 0 aliphatic carbocycles. The Morgan fingerprint density at radius 1 is 0.262 bits per heavy atom. The van der Waals surface area contributed by atoms with Gasteiger partial charge in [0.1, 0.15) is 0 Å². The van der Waals surface area contributed by atoms with Gasteiger partial charge in [0, 0.05) is 66.9 Å². The molecule has 0 amide bonds. The highest BCUT2D eigenvalue weighted by molar-refractivity contribution is 6.23. The second-order valence-electron chi connectivity index (χ2n) is 16.5. The minimum absolute atomic E-state index is 0.629. The molecule has 304 valence electrons. The van der Waals surface area contributed by atoms with Gasteiger partial charge in [0.25, 0.3) is 0 Å². The molecule has 0 bridgehead atoms. The highest BCUT2D eigenvalue weighted by Gasteiger charge is 2.21. The van der Waals surface area contributed by atoms with Gasteiger partial charge in [0.2, 0.25) is 0 Å². The summed E-state index contributed by atoms with van der Waals surface area (Å²) in [7, 11) is 0. The molecule has 0 unspecified atom stereocenters. The fourth-order valence-electron chi connectivity index (χ4n) is 9.72. The van der Waals surface area contributed by atoms with E-state index in [9.17, 15) is 0 Å². The Morgan fingerprint density at radius 3 is 1.49 bits per heavy atom. The molecule has 0 aliphatic heterocycles. The normalized spacial score (nSPS) is 11.7. The van der Waals surface area contributed by atoms with Crippen LogP contribution in [0, 0.1) is 0 Å². The molecule has 13 aromatic rings. The van der Waals surface area contributed by atoms with Crippen LogP contribution < -0.4 is 0 Å². The summed E-state index contributed by atoms with van der Waals surface area (Å²) in [6.45, 7) is 0. The topological polar surface area (TPSA) is 53.5 Å². The summed E-state index contributed by atoms with van der Waals surface area (Å²) in [6.07, 6.45) is 2.20. The molecule has 0 saturated heterocycles. The van der Waals surface area contributed by atoms with Gasteiger partial charge in [-0.15, -0.1) is 0 Å². The molecule has 0 radical (unpaired) electrons. The molecule has 6 nitrogen and oxygen atoms in total. The maximum atomic E-state index is 5.03. The Kier molecular flexibility index (Phi) is 8.42. The number of fused-ring (bicyclic) bond motifs is 8. The van der Waals surface area contributed by atoms with Gasteiger partial charge in [-0.3, -0.25) is 0 Å². The van der Waals surface area contributed by atoms with E-state index in [1.165, 1.54) is 38.0 Å². The third-order valence-electron chi connectivity index (χ3n) is 12.7. The first-order valence-electron chi connectivity index (χ1n) is 21.9. The van der Waals surface area contributed by atoms with Gasteiger partial charge in [-0.1, -0.05) is 152 Å². The minimum Gasteiger partial charge on any atom is -0.316 e. The van der Waals surface area contributed by atoms with E-state index in [-0.39, 0.29) is 0 Å². The van der Waals surface area contributed by atoms with Crippen LogP contribution in [0.5, 0.6) is 0 Å². The monoisotopic (exact) mass is 830 g/mol. The van der Waals surface area contributed by atoms with Crippen LogP contribution in [0.3, 0.4) is 0 Å². The van der Waals surface area contributed by atoms with Gasteiger partial charge in [0.15, 0.2) is 17.5 Å². The Morgan fingerprint density at radius 2 is 0.785 bits per heavy atom. The molecule has 9 aromatic carbocycles. The maximum Gasteiger partial charge on any atom is 0.164 e. The number of rotatable bonds is 7. The van der Waals surface area contributed by atoms with Crippen molar-refractivity contribution in [3.8, 4) is 62.4 Å². The third kappa shape index (κ3) is 6.07. The second kappa shape index (κ2) is 14.9. The predicted octanol–water partition coefficient (Wildman–Crippen LogP) is 14.7. The van der Waals surface area contributed by atoms with E-state index in [1.807, 2.05) is 60.7 Å². The largest absolute Gasteiger partial charge is 0.316 e. The lowest BCUT2D eigenvalue weighted by Crippen LogP contribution is -2.00. The van der Waals surface area contributed by atoms with E-state index in [4.69, 9.17) is 15.0 Å². The quantitative estimate of drug-likeness (QED) is 0.161. The smallest absolute Gasteiger partial charge is 0.164 e. The number of hydrogen-bond acceptors (Lipinski definition) is 3. The third-order valence-corrected chi connectivity index (χ3v) is 12.7. The lowest BCUT2D eigenvalue weighted by Gasteiger charge is -2.12. The molecule has 4 aromatic heterocycles. The molecule has 6 heteroatoms. The zero-order valence-electron chi connectivity index (χ0n) is 35.1. The standard InChI is InChI=1S/C59H38N6/c1-5-17-39(18-6-1)57-60-58(40-19-7-2-8-20-40)62-59(61-57)43-23-15-21-41(35-43)42-22-16-28-46(36-42)64-53-30-14-13-29-47(53)50-37-51-48-31-32-52-49(33-34-63(52)44-24-9-3-10-25-44)56(48)65(55(51)38-54(50)64)45-26-11-4-12-27-45/h1-38H. The first-order valence-corrected chi connectivity index (χ1v) is 21.9. The summed E-state index contributed by atoms with van der Waals surface area (Å²) in [5.74, 6) is 1.91. The molecule has 0 saturated carbocycles. The second-order valence-corrected chi connectivity index (χ2v) is 16.5. The van der Waals surface area contributed by atoms with Crippen molar-refractivity contribution in [1.29, 1.82) is 0 Å². The van der Waals surface area contributed by atoms with E-state index in [2.05, 4.69) is 184 Å². The summed E-state index contributed by atoms with van der Waals surface area (Å²) in [5.41, 5.74) is 14.2. The Balaban J connectivity index is 0.989. The van der Waals surface area contributed by atoms with E-state index in [0.717, 1.165) is 61.4 Å². The maximum absolute atomic E-state index is 5.03. The van der Waals surface area contributed by atoms with Crippen molar-refractivity contribution in [2.75, 3.05) is 0 Å². The molecule has 0 atom stereocenters. The van der Waals surface area contributed by atoms with Crippen molar-refractivity contribution in [2.45, 2.75) is 0 Å².